The number of hydrogen-bond acceptors (Lipinski definition) is 2. The summed E-state index contributed by atoms with van der Waals surface area (Å²) in [6.07, 6.45) is 3.46. The van der Waals surface area contributed by atoms with E-state index in [2.05, 4.69) is 51.2 Å². The zero-order valence-corrected chi connectivity index (χ0v) is 13.2. The number of methoxy groups -OCH3 is 1. The lowest BCUT2D eigenvalue weighted by Gasteiger charge is -2.33. The number of hydrogen-bond donors (Lipinski definition) is 1. The molecule has 0 unspecified atom stereocenters. The van der Waals surface area contributed by atoms with Gasteiger partial charge in [-0.05, 0) is 49.8 Å². The van der Waals surface area contributed by atoms with Crippen molar-refractivity contribution in [1.29, 1.82) is 0 Å². The molecule has 19 heavy (non-hydrogen) atoms. The molecule has 0 spiro atoms. The number of aryl methyl sites for hydroxylation is 1. The van der Waals surface area contributed by atoms with E-state index >= 15 is 0 Å². The van der Waals surface area contributed by atoms with Crippen molar-refractivity contribution in [2.45, 2.75) is 47.0 Å². The Morgan fingerprint density at radius 2 is 1.84 bits per heavy atom. The Balaban J connectivity index is 2.98. The normalized spacial score (nSPS) is 11.6. The fourth-order valence-electron chi connectivity index (χ4n) is 2.65. The Bertz CT molecular complexity index is 383. The molecule has 0 amide bonds. The summed E-state index contributed by atoms with van der Waals surface area (Å²) in [5, 5.41) is 3.52. The molecule has 0 aliphatic heterocycles. The monoisotopic (exact) mass is 263 g/mol. The summed E-state index contributed by atoms with van der Waals surface area (Å²) in [5.74, 6) is 1.02. The maximum absolute atomic E-state index is 5.52. The van der Waals surface area contributed by atoms with Crippen LogP contribution in [0.4, 0.5) is 0 Å². The van der Waals surface area contributed by atoms with Gasteiger partial charge in [0.25, 0.3) is 0 Å². The molecule has 108 valence electrons. The number of benzene rings is 1. The average Bonchev–Trinajstić information content (AvgIpc) is 2.44. The molecule has 1 aromatic carbocycles. The minimum atomic E-state index is 0.330. The molecule has 0 fully saturated rings. The molecule has 0 aliphatic carbocycles. The Morgan fingerprint density at radius 3 is 2.37 bits per heavy atom. The topological polar surface area (TPSA) is 21.3 Å². The van der Waals surface area contributed by atoms with E-state index in [0.29, 0.717) is 5.41 Å². The molecule has 0 saturated heterocycles. The smallest absolute Gasteiger partial charge is 0.122 e. The van der Waals surface area contributed by atoms with Crippen LogP contribution in [0.5, 0.6) is 5.75 Å². The van der Waals surface area contributed by atoms with E-state index in [4.69, 9.17) is 4.74 Å². The lowest BCUT2D eigenvalue weighted by atomic mass is 9.76. The van der Waals surface area contributed by atoms with E-state index in [1.807, 2.05) is 0 Å². The van der Waals surface area contributed by atoms with Crippen molar-refractivity contribution in [2.24, 2.45) is 5.41 Å². The van der Waals surface area contributed by atoms with Gasteiger partial charge in [-0.1, -0.05) is 38.5 Å². The first-order valence-electron chi connectivity index (χ1n) is 7.45. The van der Waals surface area contributed by atoms with Gasteiger partial charge in [0.1, 0.15) is 5.75 Å². The molecule has 0 saturated carbocycles. The summed E-state index contributed by atoms with van der Waals surface area (Å²) in [7, 11) is 1.76. The van der Waals surface area contributed by atoms with Gasteiger partial charge in [-0.25, -0.2) is 0 Å². The second kappa shape index (κ2) is 7.54. The van der Waals surface area contributed by atoms with Crippen LogP contribution in [0.2, 0.25) is 0 Å². The van der Waals surface area contributed by atoms with Gasteiger partial charge in [-0.3, -0.25) is 0 Å². The highest BCUT2D eigenvalue weighted by atomic mass is 16.5. The minimum Gasteiger partial charge on any atom is -0.496 e. The predicted octanol–water partition coefficient (Wildman–Crippen LogP) is 3.96. The van der Waals surface area contributed by atoms with Crippen molar-refractivity contribution in [2.75, 3.05) is 20.2 Å². The van der Waals surface area contributed by atoms with Gasteiger partial charge in [-0.15, -0.1) is 0 Å². The molecule has 1 rings (SSSR count). The molecule has 1 aromatic rings. The fourth-order valence-corrected chi connectivity index (χ4v) is 2.65. The highest BCUT2D eigenvalue weighted by molar-refractivity contribution is 5.37. The van der Waals surface area contributed by atoms with Crippen LogP contribution in [-0.4, -0.2) is 20.2 Å². The van der Waals surface area contributed by atoms with Crippen LogP contribution in [0.1, 0.15) is 44.7 Å². The van der Waals surface area contributed by atoms with Gasteiger partial charge < -0.3 is 10.1 Å². The lowest BCUT2D eigenvalue weighted by molar-refractivity contribution is 0.245. The van der Waals surface area contributed by atoms with E-state index in [1.54, 1.807) is 7.11 Å². The number of ether oxygens (including phenoxy) is 1. The average molecular weight is 263 g/mol. The SMILES string of the molecule is CCNCC(CC)(CC)Cc1cc(C)ccc1OC. The third kappa shape index (κ3) is 4.24. The molecule has 0 heterocycles. The summed E-state index contributed by atoms with van der Waals surface area (Å²) < 4.78 is 5.52. The predicted molar refractivity (Wildman–Crippen MR) is 83.0 cm³/mol. The lowest BCUT2D eigenvalue weighted by Crippen LogP contribution is -2.35. The third-order valence-electron chi connectivity index (χ3n) is 4.25. The van der Waals surface area contributed by atoms with Gasteiger partial charge >= 0.3 is 0 Å². The Kier molecular flexibility index (Phi) is 6.36. The van der Waals surface area contributed by atoms with Crippen molar-refractivity contribution < 1.29 is 4.74 Å². The Hall–Kier alpha value is -1.02. The van der Waals surface area contributed by atoms with E-state index < -0.39 is 0 Å². The maximum Gasteiger partial charge on any atom is 0.122 e. The molecule has 0 aliphatic rings. The highest BCUT2D eigenvalue weighted by Gasteiger charge is 2.27. The molecule has 0 aromatic heterocycles. The van der Waals surface area contributed by atoms with Gasteiger partial charge in [0.2, 0.25) is 0 Å². The summed E-state index contributed by atoms with van der Waals surface area (Å²) in [6.45, 7) is 11.0. The number of nitrogens with one attached hydrogen (secondary N) is 1. The van der Waals surface area contributed by atoms with Crippen LogP contribution < -0.4 is 10.1 Å². The first-order valence-corrected chi connectivity index (χ1v) is 7.45. The zero-order chi connectivity index (χ0) is 14.3. The van der Waals surface area contributed by atoms with Crippen molar-refractivity contribution in [3.8, 4) is 5.75 Å². The second-order valence-corrected chi connectivity index (χ2v) is 5.48. The summed E-state index contributed by atoms with van der Waals surface area (Å²) in [5.41, 5.74) is 2.97. The van der Waals surface area contributed by atoms with Crippen LogP contribution >= 0.6 is 0 Å². The van der Waals surface area contributed by atoms with Crippen molar-refractivity contribution >= 4 is 0 Å². The highest BCUT2D eigenvalue weighted by Crippen LogP contribution is 2.34. The molecule has 0 radical (unpaired) electrons. The van der Waals surface area contributed by atoms with E-state index in [9.17, 15) is 0 Å². The Morgan fingerprint density at radius 1 is 1.16 bits per heavy atom. The van der Waals surface area contributed by atoms with Crippen molar-refractivity contribution in [1.82, 2.24) is 5.32 Å². The van der Waals surface area contributed by atoms with Crippen molar-refractivity contribution in [3.05, 3.63) is 29.3 Å². The number of rotatable bonds is 8. The van der Waals surface area contributed by atoms with E-state index in [1.165, 1.54) is 24.0 Å². The molecular weight excluding hydrogens is 234 g/mol. The van der Waals surface area contributed by atoms with Gasteiger partial charge in [-0.2, -0.15) is 0 Å². The zero-order valence-electron chi connectivity index (χ0n) is 13.2. The molecule has 2 nitrogen and oxygen atoms in total. The largest absolute Gasteiger partial charge is 0.496 e. The molecular formula is C17H29NO. The van der Waals surface area contributed by atoms with Gasteiger partial charge in [0, 0.05) is 6.54 Å². The van der Waals surface area contributed by atoms with Crippen LogP contribution in [0, 0.1) is 12.3 Å². The summed E-state index contributed by atoms with van der Waals surface area (Å²) >= 11 is 0. The van der Waals surface area contributed by atoms with Gasteiger partial charge in [0.05, 0.1) is 7.11 Å². The summed E-state index contributed by atoms with van der Waals surface area (Å²) in [6, 6.07) is 6.48. The fraction of sp³-hybridized carbons (Fsp3) is 0.647. The van der Waals surface area contributed by atoms with Crippen LogP contribution in [0.25, 0.3) is 0 Å². The first-order chi connectivity index (χ1) is 9.10. The Labute approximate surface area is 118 Å². The summed E-state index contributed by atoms with van der Waals surface area (Å²) in [4.78, 5) is 0. The molecule has 2 heteroatoms. The van der Waals surface area contributed by atoms with Crippen LogP contribution in [0.3, 0.4) is 0 Å². The van der Waals surface area contributed by atoms with Crippen LogP contribution in [0.15, 0.2) is 18.2 Å². The van der Waals surface area contributed by atoms with E-state index in [-0.39, 0.29) is 0 Å². The standard InChI is InChI=1S/C17H29NO/c1-6-17(7-2,13-18-8-3)12-15-11-14(4)9-10-16(15)19-5/h9-11,18H,6-8,12-13H2,1-5H3. The second-order valence-electron chi connectivity index (χ2n) is 5.48. The maximum atomic E-state index is 5.52. The van der Waals surface area contributed by atoms with E-state index in [0.717, 1.165) is 25.3 Å². The quantitative estimate of drug-likeness (QED) is 0.766. The molecule has 0 atom stereocenters. The minimum absolute atomic E-state index is 0.330. The third-order valence-corrected chi connectivity index (χ3v) is 4.25. The molecule has 0 bridgehead atoms. The molecule has 1 N–H and O–H groups in total. The van der Waals surface area contributed by atoms with Crippen molar-refractivity contribution in [3.63, 3.8) is 0 Å². The van der Waals surface area contributed by atoms with Crippen LogP contribution in [-0.2, 0) is 6.42 Å². The van der Waals surface area contributed by atoms with Gasteiger partial charge in [0.15, 0.2) is 0 Å². The first kappa shape index (κ1) is 16.0.